The topological polar surface area (TPSA) is 63.2 Å². The van der Waals surface area contributed by atoms with Gasteiger partial charge in [-0.1, -0.05) is 35.9 Å². The first-order chi connectivity index (χ1) is 13.7. The third kappa shape index (κ3) is 5.47. The summed E-state index contributed by atoms with van der Waals surface area (Å²) in [5.74, 6) is 1.14. The zero-order valence-electron chi connectivity index (χ0n) is 15.6. The zero-order chi connectivity index (χ0) is 19.8. The Hall–Kier alpha value is -3.05. The number of rotatable bonds is 8. The van der Waals surface area contributed by atoms with Crippen LogP contribution in [0, 0.1) is 0 Å². The summed E-state index contributed by atoms with van der Waals surface area (Å²) in [7, 11) is 0. The number of nitrogens with zero attached hydrogens (tertiary/aromatic N) is 1. The minimum absolute atomic E-state index is 0.229. The zero-order valence-corrected chi connectivity index (χ0v) is 16.4. The molecule has 1 amide bonds. The van der Waals surface area contributed by atoms with Crippen molar-refractivity contribution in [2.75, 3.05) is 23.8 Å². The molecule has 2 N–H and O–H groups in total. The molecule has 6 heteroatoms. The van der Waals surface area contributed by atoms with E-state index in [0.717, 1.165) is 23.8 Å². The minimum atomic E-state index is -0.229. The SMILES string of the molecule is CCOc1ccccc1NC(=O)c1ccc(NCCc2ccc(Cl)cc2)nc1. The lowest BCUT2D eigenvalue weighted by Gasteiger charge is -2.11. The maximum Gasteiger partial charge on any atom is 0.257 e. The quantitative estimate of drug-likeness (QED) is 0.560. The van der Waals surface area contributed by atoms with Crippen molar-refractivity contribution in [1.29, 1.82) is 0 Å². The maximum atomic E-state index is 12.5. The summed E-state index contributed by atoms with van der Waals surface area (Å²) in [4.78, 5) is 16.8. The number of halogens is 1. The average Bonchev–Trinajstić information content (AvgIpc) is 2.71. The molecule has 3 rings (SSSR count). The number of pyridine rings is 1. The van der Waals surface area contributed by atoms with E-state index in [1.165, 1.54) is 5.56 Å². The van der Waals surface area contributed by atoms with Gasteiger partial charge in [0.2, 0.25) is 0 Å². The van der Waals surface area contributed by atoms with Crippen molar-refractivity contribution in [2.24, 2.45) is 0 Å². The normalized spacial score (nSPS) is 10.4. The van der Waals surface area contributed by atoms with Gasteiger partial charge >= 0.3 is 0 Å². The Kier molecular flexibility index (Phi) is 6.87. The largest absolute Gasteiger partial charge is 0.492 e. The first kappa shape index (κ1) is 19.7. The summed E-state index contributed by atoms with van der Waals surface area (Å²) in [6.45, 7) is 3.17. The van der Waals surface area contributed by atoms with Gasteiger partial charge in [0.05, 0.1) is 17.9 Å². The Morgan fingerprint density at radius 3 is 2.57 bits per heavy atom. The molecule has 3 aromatic rings. The fourth-order valence-corrected chi connectivity index (χ4v) is 2.79. The lowest BCUT2D eigenvalue weighted by Crippen LogP contribution is -2.14. The summed E-state index contributed by atoms with van der Waals surface area (Å²) >= 11 is 5.89. The van der Waals surface area contributed by atoms with E-state index in [9.17, 15) is 4.79 Å². The van der Waals surface area contributed by atoms with E-state index in [1.54, 1.807) is 18.3 Å². The van der Waals surface area contributed by atoms with E-state index in [-0.39, 0.29) is 5.91 Å². The third-order valence-electron chi connectivity index (χ3n) is 4.09. The number of ether oxygens (including phenoxy) is 1. The first-order valence-electron chi connectivity index (χ1n) is 9.13. The van der Waals surface area contributed by atoms with E-state index >= 15 is 0 Å². The number of para-hydroxylation sites is 2. The monoisotopic (exact) mass is 395 g/mol. The highest BCUT2D eigenvalue weighted by Crippen LogP contribution is 2.24. The standard InChI is InChI=1S/C22H22ClN3O2/c1-2-28-20-6-4-3-5-19(20)26-22(27)17-9-12-21(25-15-17)24-14-13-16-7-10-18(23)11-8-16/h3-12,15H,2,13-14H2,1H3,(H,24,25)(H,26,27). The maximum absolute atomic E-state index is 12.5. The van der Waals surface area contributed by atoms with Gasteiger partial charge < -0.3 is 15.4 Å². The van der Waals surface area contributed by atoms with E-state index in [4.69, 9.17) is 16.3 Å². The highest BCUT2D eigenvalue weighted by molar-refractivity contribution is 6.30. The van der Waals surface area contributed by atoms with Crippen molar-refractivity contribution >= 4 is 29.0 Å². The minimum Gasteiger partial charge on any atom is -0.492 e. The van der Waals surface area contributed by atoms with Gasteiger partial charge in [-0.25, -0.2) is 4.98 Å². The lowest BCUT2D eigenvalue weighted by molar-refractivity contribution is 0.102. The number of hydrogen-bond donors (Lipinski definition) is 2. The van der Waals surface area contributed by atoms with Crippen molar-refractivity contribution in [2.45, 2.75) is 13.3 Å². The molecule has 2 aromatic carbocycles. The van der Waals surface area contributed by atoms with Gasteiger partial charge in [-0.15, -0.1) is 0 Å². The molecule has 144 valence electrons. The summed E-state index contributed by atoms with van der Waals surface area (Å²) in [5.41, 5.74) is 2.31. The number of aromatic nitrogens is 1. The van der Waals surface area contributed by atoms with Crippen molar-refractivity contribution in [1.82, 2.24) is 4.98 Å². The number of amides is 1. The van der Waals surface area contributed by atoms with Gasteiger partial charge in [0.25, 0.3) is 5.91 Å². The predicted molar refractivity (Wildman–Crippen MR) is 113 cm³/mol. The fourth-order valence-electron chi connectivity index (χ4n) is 2.66. The molecule has 0 aliphatic heterocycles. The molecule has 0 aliphatic rings. The van der Waals surface area contributed by atoms with Crippen molar-refractivity contribution in [3.05, 3.63) is 83.0 Å². The predicted octanol–water partition coefficient (Wildman–Crippen LogP) is 5.04. The number of nitrogens with one attached hydrogen (secondary N) is 2. The Morgan fingerprint density at radius 1 is 1.07 bits per heavy atom. The third-order valence-corrected chi connectivity index (χ3v) is 4.35. The van der Waals surface area contributed by atoms with E-state index in [0.29, 0.717) is 23.6 Å². The molecule has 1 heterocycles. The Balaban J connectivity index is 1.55. The first-order valence-corrected chi connectivity index (χ1v) is 9.51. The van der Waals surface area contributed by atoms with Gasteiger partial charge in [-0.05, 0) is 55.3 Å². The summed E-state index contributed by atoms with van der Waals surface area (Å²) in [5, 5.41) is 6.85. The van der Waals surface area contributed by atoms with Crippen LogP contribution in [0.5, 0.6) is 5.75 Å². The second kappa shape index (κ2) is 9.76. The van der Waals surface area contributed by atoms with Crippen LogP contribution in [-0.2, 0) is 6.42 Å². The Bertz CT molecular complexity index is 912. The van der Waals surface area contributed by atoms with Crippen LogP contribution in [0.3, 0.4) is 0 Å². The summed E-state index contributed by atoms with van der Waals surface area (Å²) in [6, 6.07) is 18.7. The highest BCUT2D eigenvalue weighted by Gasteiger charge is 2.10. The van der Waals surface area contributed by atoms with Crippen LogP contribution in [0.15, 0.2) is 66.9 Å². The van der Waals surface area contributed by atoms with Crippen LogP contribution < -0.4 is 15.4 Å². The fraction of sp³-hybridized carbons (Fsp3) is 0.182. The Labute approximate surface area is 169 Å². The molecule has 5 nitrogen and oxygen atoms in total. The van der Waals surface area contributed by atoms with Crippen LogP contribution >= 0.6 is 11.6 Å². The molecule has 0 radical (unpaired) electrons. The molecule has 0 aliphatic carbocycles. The van der Waals surface area contributed by atoms with Crippen LogP contribution in [0.4, 0.5) is 11.5 Å². The molecule has 0 bridgehead atoms. The molecule has 28 heavy (non-hydrogen) atoms. The second-order valence-corrected chi connectivity index (χ2v) is 6.56. The number of carbonyl (C=O) groups is 1. The van der Waals surface area contributed by atoms with Crippen LogP contribution in [0.1, 0.15) is 22.8 Å². The number of anilines is 2. The van der Waals surface area contributed by atoms with Gasteiger partial charge in [-0.2, -0.15) is 0 Å². The van der Waals surface area contributed by atoms with Crippen LogP contribution in [0.25, 0.3) is 0 Å². The number of carbonyl (C=O) groups excluding carboxylic acids is 1. The van der Waals surface area contributed by atoms with Gasteiger partial charge in [0.1, 0.15) is 11.6 Å². The van der Waals surface area contributed by atoms with Crippen molar-refractivity contribution < 1.29 is 9.53 Å². The number of benzene rings is 2. The van der Waals surface area contributed by atoms with Crippen molar-refractivity contribution in [3.63, 3.8) is 0 Å². The van der Waals surface area contributed by atoms with E-state index < -0.39 is 0 Å². The highest BCUT2D eigenvalue weighted by atomic mass is 35.5. The molecule has 0 atom stereocenters. The lowest BCUT2D eigenvalue weighted by atomic mass is 10.1. The molecule has 1 aromatic heterocycles. The van der Waals surface area contributed by atoms with Gasteiger partial charge in [-0.3, -0.25) is 4.79 Å². The molecule has 0 unspecified atom stereocenters. The van der Waals surface area contributed by atoms with Crippen LogP contribution in [0.2, 0.25) is 5.02 Å². The smallest absolute Gasteiger partial charge is 0.257 e. The summed E-state index contributed by atoms with van der Waals surface area (Å²) < 4.78 is 5.53. The van der Waals surface area contributed by atoms with Gasteiger partial charge in [0, 0.05) is 17.8 Å². The molecular weight excluding hydrogens is 374 g/mol. The van der Waals surface area contributed by atoms with Gasteiger partial charge in [0.15, 0.2) is 0 Å². The molecule has 0 saturated heterocycles. The number of hydrogen-bond acceptors (Lipinski definition) is 4. The molecule has 0 fully saturated rings. The average molecular weight is 396 g/mol. The second-order valence-electron chi connectivity index (χ2n) is 6.12. The van der Waals surface area contributed by atoms with Crippen molar-refractivity contribution in [3.8, 4) is 5.75 Å². The van der Waals surface area contributed by atoms with E-state index in [1.807, 2.05) is 55.5 Å². The van der Waals surface area contributed by atoms with E-state index in [2.05, 4.69) is 15.6 Å². The summed E-state index contributed by atoms with van der Waals surface area (Å²) in [6.07, 6.45) is 2.42. The van der Waals surface area contributed by atoms with Crippen LogP contribution in [-0.4, -0.2) is 24.0 Å². The Morgan fingerprint density at radius 2 is 1.86 bits per heavy atom. The molecule has 0 saturated carbocycles. The molecule has 0 spiro atoms. The molecular formula is C22H22ClN3O2.